The minimum atomic E-state index is -0.411. The number of fused-ring (bicyclic) bond motifs is 2. The Balaban J connectivity index is 2.05. The van der Waals surface area contributed by atoms with E-state index in [-0.39, 0.29) is 26.7 Å². The highest BCUT2D eigenvalue weighted by Crippen LogP contribution is 2.34. The van der Waals surface area contributed by atoms with E-state index in [2.05, 4.69) is 9.97 Å². The average Bonchev–Trinajstić information content (AvgIpc) is 2.96. The van der Waals surface area contributed by atoms with Gasteiger partial charge in [-0.25, -0.2) is 14.5 Å². The number of aromatic hydroxyl groups is 1. The van der Waals surface area contributed by atoms with Gasteiger partial charge in [0.25, 0.3) is 5.56 Å². The van der Waals surface area contributed by atoms with Crippen LogP contribution in [-0.4, -0.2) is 19.6 Å². The number of aromatic nitrogens is 3. The van der Waals surface area contributed by atoms with Gasteiger partial charge in [0.05, 0.1) is 25.6 Å². The summed E-state index contributed by atoms with van der Waals surface area (Å²) in [5.74, 6) is -0.264. The van der Waals surface area contributed by atoms with Crippen LogP contribution in [0.5, 0.6) is 5.75 Å². The number of nitrogens with zero attached hydrogens (tertiary/aromatic N) is 3. The van der Waals surface area contributed by atoms with Crippen molar-refractivity contribution in [3.8, 4) is 10.9 Å². The number of phenols is 1. The van der Waals surface area contributed by atoms with Crippen LogP contribution in [0.3, 0.4) is 0 Å². The van der Waals surface area contributed by atoms with Crippen LogP contribution in [0.2, 0.25) is 10.0 Å². The van der Waals surface area contributed by atoms with Crippen molar-refractivity contribution in [2.75, 3.05) is 0 Å². The molecule has 1 N–H and O–H groups in total. The van der Waals surface area contributed by atoms with Gasteiger partial charge in [-0.05, 0) is 18.2 Å². The van der Waals surface area contributed by atoms with Crippen molar-refractivity contribution in [1.82, 2.24) is 14.5 Å². The second-order valence-electron chi connectivity index (χ2n) is 4.80. The first kappa shape index (κ1) is 14.4. The van der Waals surface area contributed by atoms with E-state index in [0.717, 1.165) is 10.2 Å². The molecule has 0 atom stereocenters. The molecule has 2 aromatic heterocycles. The Kier molecular flexibility index (Phi) is 3.26. The summed E-state index contributed by atoms with van der Waals surface area (Å²) in [5.41, 5.74) is 0.459. The van der Waals surface area contributed by atoms with Crippen molar-refractivity contribution in [1.29, 1.82) is 0 Å². The molecule has 0 bridgehead atoms. The number of phenolic OH excluding ortho intramolecular Hbond substituents is 1. The lowest BCUT2D eigenvalue weighted by molar-refractivity contribution is 0.480. The van der Waals surface area contributed by atoms with Gasteiger partial charge in [-0.2, -0.15) is 0 Å². The molecule has 114 valence electrons. The van der Waals surface area contributed by atoms with Gasteiger partial charge in [0.2, 0.25) is 0 Å². The predicted octanol–water partition coefficient (Wildman–Crippen LogP) is 4.01. The first-order valence-corrected chi connectivity index (χ1v) is 8.08. The Hall–Kier alpha value is -2.15. The minimum Gasteiger partial charge on any atom is -0.504 e. The first-order valence-electron chi connectivity index (χ1n) is 6.50. The van der Waals surface area contributed by atoms with E-state index in [1.165, 1.54) is 28.3 Å². The van der Waals surface area contributed by atoms with Crippen LogP contribution in [-0.2, 0) is 0 Å². The maximum absolute atomic E-state index is 12.7. The van der Waals surface area contributed by atoms with E-state index in [4.69, 9.17) is 23.2 Å². The molecular formula is C15H7Cl2N3O2S. The number of para-hydroxylation sites is 1. The van der Waals surface area contributed by atoms with Crippen LogP contribution in [0, 0.1) is 0 Å². The smallest absolute Gasteiger partial charge is 0.269 e. The fraction of sp³-hybridized carbons (Fsp3) is 0. The van der Waals surface area contributed by atoms with Crippen molar-refractivity contribution >= 4 is 55.7 Å². The van der Waals surface area contributed by atoms with Gasteiger partial charge in [-0.1, -0.05) is 46.7 Å². The number of benzene rings is 2. The van der Waals surface area contributed by atoms with Crippen LogP contribution >= 0.6 is 34.5 Å². The van der Waals surface area contributed by atoms with Crippen LogP contribution in [0.4, 0.5) is 0 Å². The minimum absolute atomic E-state index is 0.0483. The quantitative estimate of drug-likeness (QED) is 0.554. The van der Waals surface area contributed by atoms with Gasteiger partial charge in [-0.15, -0.1) is 0 Å². The van der Waals surface area contributed by atoms with Gasteiger partial charge in [0, 0.05) is 0 Å². The molecule has 5 nitrogen and oxygen atoms in total. The molecule has 0 aliphatic rings. The maximum atomic E-state index is 12.7. The molecule has 0 amide bonds. The molecule has 0 saturated carbocycles. The number of hydrogen-bond acceptors (Lipinski definition) is 5. The van der Waals surface area contributed by atoms with Crippen LogP contribution in [0.1, 0.15) is 0 Å². The summed E-state index contributed by atoms with van der Waals surface area (Å²) < 4.78 is 2.27. The standard InChI is InChI=1S/C15H7Cl2N3O2S/c16-7-5-8(17)13(21)12-11(7)14(22)20(6-18-12)15-19-9-3-1-2-4-10(9)23-15/h1-6,21H. The maximum Gasteiger partial charge on any atom is 0.269 e. The Bertz CT molecular complexity index is 1100. The van der Waals surface area contributed by atoms with Gasteiger partial charge < -0.3 is 5.11 Å². The van der Waals surface area contributed by atoms with E-state index in [0.29, 0.717) is 5.13 Å². The fourth-order valence-electron chi connectivity index (χ4n) is 2.31. The largest absolute Gasteiger partial charge is 0.504 e. The number of hydrogen-bond donors (Lipinski definition) is 1. The molecule has 0 unspecified atom stereocenters. The van der Waals surface area contributed by atoms with Crippen molar-refractivity contribution in [2.24, 2.45) is 0 Å². The molecule has 4 aromatic rings. The second kappa shape index (κ2) is 5.19. The molecule has 0 saturated heterocycles. The van der Waals surface area contributed by atoms with Crippen LogP contribution in [0.25, 0.3) is 26.3 Å². The molecule has 23 heavy (non-hydrogen) atoms. The molecule has 0 spiro atoms. The lowest BCUT2D eigenvalue weighted by atomic mass is 10.2. The Morgan fingerprint density at radius 3 is 2.74 bits per heavy atom. The number of halogens is 2. The topological polar surface area (TPSA) is 68.0 Å². The molecule has 0 aliphatic heterocycles. The number of rotatable bonds is 1. The third kappa shape index (κ3) is 2.18. The van der Waals surface area contributed by atoms with Crippen molar-refractivity contribution in [3.63, 3.8) is 0 Å². The molecule has 0 fully saturated rings. The third-order valence-electron chi connectivity index (χ3n) is 3.40. The monoisotopic (exact) mass is 363 g/mol. The summed E-state index contributed by atoms with van der Waals surface area (Å²) in [7, 11) is 0. The molecule has 0 radical (unpaired) electrons. The van der Waals surface area contributed by atoms with Crippen LogP contribution < -0.4 is 5.56 Å². The van der Waals surface area contributed by atoms with Gasteiger partial charge in [0.15, 0.2) is 10.9 Å². The van der Waals surface area contributed by atoms with E-state index < -0.39 is 5.56 Å². The van der Waals surface area contributed by atoms with E-state index >= 15 is 0 Å². The highest BCUT2D eigenvalue weighted by Gasteiger charge is 2.17. The van der Waals surface area contributed by atoms with Crippen molar-refractivity contribution in [2.45, 2.75) is 0 Å². The first-order chi connectivity index (χ1) is 11.1. The molecule has 2 aromatic carbocycles. The summed E-state index contributed by atoms with van der Waals surface area (Å²) in [6.45, 7) is 0. The summed E-state index contributed by atoms with van der Waals surface area (Å²) in [4.78, 5) is 21.3. The Morgan fingerprint density at radius 2 is 1.96 bits per heavy atom. The van der Waals surface area contributed by atoms with Crippen molar-refractivity contribution < 1.29 is 5.11 Å². The van der Waals surface area contributed by atoms with Crippen molar-refractivity contribution in [3.05, 3.63) is 57.1 Å². The van der Waals surface area contributed by atoms with Crippen LogP contribution in [0.15, 0.2) is 41.5 Å². The molecule has 4 rings (SSSR count). The summed E-state index contributed by atoms with van der Waals surface area (Å²) in [6, 6.07) is 8.90. The zero-order valence-corrected chi connectivity index (χ0v) is 13.7. The van der Waals surface area contributed by atoms with Gasteiger partial charge in [0.1, 0.15) is 11.8 Å². The highest BCUT2D eigenvalue weighted by molar-refractivity contribution is 7.20. The van der Waals surface area contributed by atoms with E-state index in [1.54, 1.807) is 0 Å². The summed E-state index contributed by atoms with van der Waals surface area (Å²) >= 11 is 13.3. The highest BCUT2D eigenvalue weighted by atomic mass is 35.5. The van der Waals surface area contributed by atoms with Gasteiger partial charge >= 0.3 is 0 Å². The fourth-order valence-corrected chi connectivity index (χ4v) is 3.78. The summed E-state index contributed by atoms with van der Waals surface area (Å²) in [5, 5.41) is 10.7. The Labute approximate surface area is 143 Å². The third-order valence-corrected chi connectivity index (χ3v) is 5.03. The average molecular weight is 364 g/mol. The molecule has 8 heteroatoms. The number of thiazole rings is 1. The molecular weight excluding hydrogens is 357 g/mol. The Morgan fingerprint density at radius 1 is 1.17 bits per heavy atom. The van der Waals surface area contributed by atoms with E-state index in [9.17, 15) is 9.90 Å². The lowest BCUT2D eigenvalue weighted by Gasteiger charge is -2.06. The zero-order valence-electron chi connectivity index (χ0n) is 11.3. The predicted molar refractivity (Wildman–Crippen MR) is 92.2 cm³/mol. The molecule has 0 aliphatic carbocycles. The SMILES string of the molecule is O=c1c2c(Cl)cc(Cl)c(O)c2ncn1-c1nc2ccccc2s1. The summed E-state index contributed by atoms with van der Waals surface area (Å²) in [6.07, 6.45) is 1.31. The van der Waals surface area contributed by atoms with E-state index in [1.807, 2.05) is 24.3 Å². The van der Waals surface area contributed by atoms with Gasteiger partial charge in [-0.3, -0.25) is 4.79 Å². The molecule has 2 heterocycles. The normalized spacial score (nSPS) is 11.4. The zero-order chi connectivity index (χ0) is 16.1. The lowest BCUT2D eigenvalue weighted by Crippen LogP contribution is -2.19. The second-order valence-corrected chi connectivity index (χ2v) is 6.62.